The van der Waals surface area contributed by atoms with E-state index in [2.05, 4.69) is 0 Å². The first-order valence-corrected chi connectivity index (χ1v) is 11.2. The van der Waals surface area contributed by atoms with E-state index in [0.29, 0.717) is 47.2 Å². The largest absolute Gasteiger partial charge is 0.507 e. The highest BCUT2D eigenvalue weighted by molar-refractivity contribution is 6.46. The van der Waals surface area contributed by atoms with Crippen LogP contribution in [0.3, 0.4) is 0 Å². The van der Waals surface area contributed by atoms with E-state index in [1.807, 2.05) is 13.8 Å². The van der Waals surface area contributed by atoms with Gasteiger partial charge in [0.2, 0.25) is 0 Å². The molecule has 0 aromatic heterocycles. The van der Waals surface area contributed by atoms with Crippen LogP contribution in [-0.2, 0) is 14.4 Å². The fraction of sp³-hybridized carbons (Fsp3) is 0.320. The summed E-state index contributed by atoms with van der Waals surface area (Å²) < 4.78 is 10.6. The van der Waals surface area contributed by atoms with Crippen molar-refractivity contribution in [2.75, 3.05) is 13.2 Å². The van der Waals surface area contributed by atoms with Crippen molar-refractivity contribution in [2.45, 2.75) is 39.7 Å². The van der Waals surface area contributed by atoms with Crippen LogP contribution in [0.1, 0.15) is 50.8 Å². The molecule has 1 fully saturated rings. The Kier molecular flexibility index (Phi) is 7.76. The van der Waals surface area contributed by atoms with Gasteiger partial charge in [0.05, 0.1) is 23.2 Å². The number of aliphatic hydroxyl groups excluding tert-OH is 1. The zero-order valence-electron chi connectivity index (χ0n) is 18.8. The van der Waals surface area contributed by atoms with Gasteiger partial charge < -0.3 is 19.5 Å². The van der Waals surface area contributed by atoms with Gasteiger partial charge in [-0.1, -0.05) is 37.1 Å². The van der Waals surface area contributed by atoms with Crippen LogP contribution in [0.4, 0.5) is 0 Å². The van der Waals surface area contributed by atoms with Crippen molar-refractivity contribution >= 4 is 35.0 Å². The number of aliphatic hydroxyl groups is 1. The number of hydrogen-bond donors (Lipinski definition) is 1. The molecule has 1 N–H and O–H groups in total. The number of ketones is 1. The van der Waals surface area contributed by atoms with Crippen LogP contribution in [0.2, 0.25) is 5.02 Å². The van der Waals surface area contributed by atoms with Crippen LogP contribution in [0.25, 0.3) is 5.76 Å². The normalized spacial score (nSPS) is 17.3. The molecule has 0 aliphatic carbocycles. The molecule has 1 amide bonds. The first-order valence-electron chi connectivity index (χ1n) is 10.8. The maximum atomic E-state index is 13.0. The third-order valence-corrected chi connectivity index (χ3v) is 5.57. The topological polar surface area (TPSA) is 93.1 Å². The van der Waals surface area contributed by atoms with Crippen LogP contribution < -0.4 is 9.47 Å². The quantitative estimate of drug-likeness (QED) is 0.194. The summed E-state index contributed by atoms with van der Waals surface area (Å²) in [6, 6.07) is 10.4. The van der Waals surface area contributed by atoms with Crippen molar-refractivity contribution in [1.82, 2.24) is 4.90 Å². The van der Waals surface area contributed by atoms with Gasteiger partial charge in [-0.25, -0.2) is 0 Å². The van der Waals surface area contributed by atoms with Gasteiger partial charge in [0, 0.05) is 19.0 Å². The van der Waals surface area contributed by atoms with E-state index in [1.165, 1.54) is 11.8 Å². The lowest BCUT2D eigenvalue weighted by molar-refractivity contribution is -0.139. The molecule has 1 heterocycles. The number of halogens is 1. The first kappa shape index (κ1) is 24.3. The lowest BCUT2D eigenvalue weighted by Crippen LogP contribution is -2.30. The second-order valence-corrected chi connectivity index (χ2v) is 7.99. The molecule has 174 valence electrons. The molecule has 7 nitrogen and oxygen atoms in total. The minimum atomic E-state index is -0.783. The van der Waals surface area contributed by atoms with E-state index >= 15 is 0 Å². The maximum absolute atomic E-state index is 13.0. The van der Waals surface area contributed by atoms with Crippen LogP contribution in [0.5, 0.6) is 11.5 Å². The number of amides is 1. The number of carbonyl (C=O) groups excluding carboxylic acids is 3. The monoisotopic (exact) mass is 471 g/mol. The number of benzene rings is 2. The van der Waals surface area contributed by atoms with Gasteiger partial charge in [-0.3, -0.25) is 14.4 Å². The van der Waals surface area contributed by atoms with E-state index in [-0.39, 0.29) is 11.3 Å². The van der Waals surface area contributed by atoms with Crippen molar-refractivity contribution in [3.63, 3.8) is 0 Å². The van der Waals surface area contributed by atoms with Gasteiger partial charge in [-0.05, 0) is 49.2 Å². The number of unbranched alkanes of at least 4 members (excludes halogenated alkanes) is 1. The van der Waals surface area contributed by atoms with Crippen molar-refractivity contribution in [2.24, 2.45) is 0 Å². The summed E-state index contributed by atoms with van der Waals surface area (Å²) in [5.41, 5.74) is 0.917. The molecule has 33 heavy (non-hydrogen) atoms. The van der Waals surface area contributed by atoms with Crippen LogP contribution in [0, 0.1) is 0 Å². The lowest BCUT2D eigenvalue weighted by Gasteiger charge is -2.25. The highest BCUT2D eigenvalue weighted by Crippen LogP contribution is 2.41. The molecule has 0 saturated carbocycles. The predicted octanol–water partition coefficient (Wildman–Crippen LogP) is 4.89. The van der Waals surface area contributed by atoms with Crippen LogP contribution in [-0.4, -0.2) is 40.8 Å². The summed E-state index contributed by atoms with van der Waals surface area (Å²) in [7, 11) is 0. The highest BCUT2D eigenvalue weighted by atomic mass is 35.5. The SMILES string of the molecule is CCCCN1C(=O)C(=O)/C(=C(\O)c2ccc(Cl)c(OCC)c2)C1c1ccc(OC(C)=O)cc1. The molecule has 1 unspecified atom stereocenters. The number of ether oxygens (including phenoxy) is 2. The van der Waals surface area contributed by atoms with Gasteiger partial charge in [-0.15, -0.1) is 0 Å². The molecule has 0 spiro atoms. The van der Waals surface area contributed by atoms with Gasteiger partial charge >= 0.3 is 5.97 Å². The van der Waals surface area contributed by atoms with Crippen LogP contribution >= 0.6 is 11.6 Å². The minimum absolute atomic E-state index is 0.0129. The van der Waals surface area contributed by atoms with Crippen molar-refractivity contribution < 1.29 is 29.0 Å². The molecule has 1 atom stereocenters. The third-order valence-electron chi connectivity index (χ3n) is 5.25. The Bertz CT molecular complexity index is 1090. The first-order chi connectivity index (χ1) is 15.8. The zero-order chi connectivity index (χ0) is 24.1. The molecule has 1 saturated heterocycles. The second kappa shape index (κ2) is 10.5. The van der Waals surface area contributed by atoms with E-state index in [9.17, 15) is 19.5 Å². The zero-order valence-corrected chi connectivity index (χ0v) is 19.5. The van der Waals surface area contributed by atoms with E-state index < -0.39 is 23.7 Å². The van der Waals surface area contributed by atoms with Gasteiger partial charge in [0.25, 0.3) is 11.7 Å². The van der Waals surface area contributed by atoms with E-state index in [1.54, 1.807) is 42.5 Å². The molecule has 1 aliphatic rings. The summed E-state index contributed by atoms with van der Waals surface area (Å²) >= 11 is 6.16. The molecule has 0 radical (unpaired) electrons. The second-order valence-electron chi connectivity index (χ2n) is 7.59. The van der Waals surface area contributed by atoms with E-state index in [4.69, 9.17) is 21.1 Å². The summed E-state index contributed by atoms with van der Waals surface area (Å²) in [6.07, 6.45) is 1.53. The van der Waals surface area contributed by atoms with Crippen molar-refractivity contribution in [3.05, 3.63) is 64.2 Å². The standard InChI is InChI=1S/C25H26ClNO6/c1-4-6-13-27-22(16-7-10-18(11-8-16)33-15(3)28)21(24(30)25(27)31)23(29)17-9-12-19(26)20(14-17)32-5-2/h7-12,14,22,29H,4-6,13H2,1-3H3/b23-21-. The summed E-state index contributed by atoms with van der Waals surface area (Å²) in [4.78, 5) is 38.6. The average Bonchev–Trinajstić information content (AvgIpc) is 3.03. The number of likely N-dealkylation sites (tertiary alicyclic amines) is 1. The fourth-order valence-electron chi connectivity index (χ4n) is 3.74. The Morgan fingerprint density at radius 2 is 1.82 bits per heavy atom. The molecule has 1 aliphatic heterocycles. The Hall–Kier alpha value is -3.32. The molecule has 2 aromatic rings. The number of rotatable bonds is 8. The Morgan fingerprint density at radius 3 is 2.42 bits per heavy atom. The minimum Gasteiger partial charge on any atom is -0.507 e. The van der Waals surface area contributed by atoms with Gasteiger partial charge in [-0.2, -0.15) is 0 Å². The predicted molar refractivity (Wildman–Crippen MR) is 124 cm³/mol. The van der Waals surface area contributed by atoms with Crippen LogP contribution in [0.15, 0.2) is 48.0 Å². The molecule has 3 rings (SSSR count). The summed E-state index contributed by atoms with van der Waals surface area (Å²) in [6.45, 7) is 5.83. The molecular weight excluding hydrogens is 446 g/mol. The third kappa shape index (κ3) is 5.20. The Balaban J connectivity index is 2.12. The van der Waals surface area contributed by atoms with Gasteiger partial charge in [0.15, 0.2) is 0 Å². The number of Topliss-reactive ketones (excluding diaryl/α,β-unsaturated/α-hetero) is 1. The Labute approximate surface area is 197 Å². The number of nitrogens with zero attached hydrogens (tertiary/aromatic N) is 1. The smallest absolute Gasteiger partial charge is 0.308 e. The number of carbonyl (C=O) groups is 3. The van der Waals surface area contributed by atoms with E-state index in [0.717, 1.165) is 6.42 Å². The lowest BCUT2D eigenvalue weighted by atomic mass is 9.95. The highest BCUT2D eigenvalue weighted by Gasteiger charge is 2.45. The summed E-state index contributed by atoms with van der Waals surface area (Å²) in [5.74, 6) is -1.48. The van der Waals surface area contributed by atoms with Crippen molar-refractivity contribution in [3.8, 4) is 11.5 Å². The molecular formula is C25H26ClNO6. The van der Waals surface area contributed by atoms with Crippen molar-refractivity contribution in [1.29, 1.82) is 0 Å². The number of esters is 1. The molecule has 8 heteroatoms. The maximum Gasteiger partial charge on any atom is 0.308 e. The summed E-state index contributed by atoms with van der Waals surface area (Å²) in [5, 5.41) is 11.5. The Morgan fingerprint density at radius 1 is 1.12 bits per heavy atom. The molecule has 0 bridgehead atoms. The number of hydrogen-bond acceptors (Lipinski definition) is 6. The molecule has 2 aromatic carbocycles. The fourth-order valence-corrected chi connectivity index (χ4v) is 3.91. The average molecular weight is 472 g/mol. The van der Waals surface area contributed by atoms with Gasteiger partial charge in [0.1, 0.15) is 17.3 Å².